The minimum atomic E-state index is -0.510. The van der Waals surface area contributed by atoms with Crippen molar-refractivity contribution in [1.29, 1.82) is 0 Å². The Kier molecular flexibility index (Phi) is 6.06. The Morgan fingerprint density at radius 1 is 1.15 bits per heavy atom. The van der Waals surface area contributed by atoms with Gasteiger partial charge in [-0.2, -0.15) is 0 Å². The second-order valence-corrected chi connectivity index (χ2v) is 9.12. The number of para-hydroxylation sites is 1. The summed E-state index contributed by atoms with van der Waals surface area (Å²) in [6.45, 7) is 0.121. The lowest BCUT2D eigenvalue weighted by molar-refractivity contribution is -0.118. The average molecular weight is 479 g/mol. The predicted octanol–water partition coefficient (Wildman–Crippen LogP) is 3.90. The molecule has 0 unspecified atom stereocenters. The molecule has 1 fully saturated rings. The first kappa shape index (κ1) is 22.1. The molecule has 0 radical (unpaired) electrons. The quantitative estimate of drug-likeness (QED) is 0.355. The first-order valence-corrected chi connectivity index (χ1v) is 12.0. The molecule has 174 valence electrons. The van der Waals surface area contributed by atoms with Gasteiger partial charge in [0.05, 0.1) is 5.75 Å². The Bertz CT molecular complexity index is 1350. The van der Waals surface area contributed by atoms with Gasteiger partial charge in [-0.05, 0) is 43.2 Å². The summed E-state index contributed by atoms with van der Waals surface area (Å²) >= 11 is 1.31. The fourth-order valence-corrected chi connectivity index (χ4v) is 4.80. The van der Waals surface area contributed by atoms with Crippen molar-refractivity contribution in [2.75, 3.05) is 17.2 Å². The minimum absolute atomic E-state index is 0.0107. The highest BCUT2D eigenvalue weighted by molar-refractivity contribution is 7.99. The molecule has 0 saturated heterocycles. The van der Waals surface area contributed by atoms with E-state index in [1.165, 1.54) is 40.9 Å². The highest BCUT2D eigenvalue weighted by Crippen LogP contribution is 2.42. The number of nitrogens with two attached hydrogens (primary N) is 1. The normalized spacial score (nSPS) is 13.3. The number of nitrogens with one attached hydrogen (secondary N) is 1. The van der Waals surface area contributed by atoms with E-state index in [2.05, 4.69) is 19.7 Å². The van der Waals surface area contributed by atoms with Crippen molar-refractivity contribution in [3.63, 3.8) is 0 Å². The highest BCUT2D eigenvalue weighted by Gasteiger charge is 2.31. The number of hydrogen-bond donors (Lipinski definition) is 2. The number of rotatable bonds is 9. The molecule has 1 saturated carbocycles. The Hall–Kier alpha value is -3.66. The molecule has 1 aliphatic carbocycles. The van der Waals surface area contributed by atoms with E-state index < -0.39 is 11.7 Å². The number of fused-ring (bicyclic) bond motifs is 1. The van der Waals surface area contributed by atoms with Crippen LogP contribution in [0.2, 0.25) is 0 Å². The van der Waals surface area contributed by atoms with Crippen molar-refractivity contribution in [2.24, 2.45) is 5.73 Å². The molecule has 0 bridgehead atoms. The van der Waals surface area contributed by atoms with Crippen LogP contribution in [0.3, 0.4) is 0 Å². The van der Waals surface area contributed by atoms with Crippen molar-refractivity contribution >= 4 is 40.2 Å². The van der Waals surface area contributed by atoms with Crippen LogP contribution >= 0.6 is 11.8 Å². The van der Waals surface area contributed by atoms with Gasteiger partial charge in [0, 0.05) is 47.4 Å². The van der Waals surface area contributed by atoms with E-state index in [0.29, 0.717) is 16.9 Å². The molecule has 0 spiro atoms. The van der Waals surface area contributed by atoms with Crippen LogP contribution in [0.25, 0.3) is 22.3 Å². The number of halogens is 1. The summed E-state index contributed by atoms with van der Waals surface area (Å²) in [6.07, 6.45) is 4.02. The van der Waals surface area contributed by atoms with Crippen molar-refractivity contribution in [3.05, 3.63) is 60.5 Å². The Balaban J connectivity index is 1.38. The number of carbonyl (C=O) groups excluding carboxylic acids is 2. The zero-order valence-electron chi connectivity index (χ0n) is 18.3. The summed E-state index contributed by atoms with van der Waals surface area (Å²) in [5.41, 5.74) is 7.80. The molecule has 8 nitrogen and oxygen atoms in total. The maximum Gasteiger partial charge on any atom is 0.237 e. The standard InChI is InChI=1S/C24H23FN6O2S/c25-15-5-7-16(8-6-15)30(12-11-21(26)32)22(33)14-34-24-29-28-23(31(24)17-9-10-17)19-13-27-20-4-2-1-3-18(19)20/h1-8,13,17,27H,9-12,14H2,(H2,26,32). The van der Waals surface area contributed by atoms with Crippen LogP contribution in [0, 0.1) is 5.82 Å². The maximum absolute atomic E-state index is 13.4. The number of nitrogens with zero attached hydrogens (tertiary/aromatic N) is 4. The third-order valence-corrected chi connectivity index (χ3v) is 6.68. The molecular weight excluding hydrogens is 455 g/mol. The Morgan fingerprint density at radius 3 is 2.65 bits per heavy atom. The van der Waals surface area contributed by atoms with E-state index in [0.717, 1.165) is 35.1 Å². The molecule has 4 aromatic rings. The van der Waals surface area contributed by atoms with E-state index in [1.54, 1.807) is 0 Å². The minimum Gasteiger partial charge on any atom is -0.370 e. The van der Waals surface area contributed by atoms with Gasteiger partial charge in [-0.1, -0.05) is 30.0 Å². The lowest BCUT2D eigenvalue weighted by atomic mass is 10.1. The second kappa shape index (κ2) is 9.30. The third-order valence-electron chi connectivity index (χ3n) is 5.75. The van der Waals surface area contributed by atoms with Crippen LogP contribution in [0.1, 0.15) is 25.3 Å². The number of aromatic nitrogens is 4. The van der Waals surface area contributed by atoms with Gasteiger partial charge in [-0.25, -0.2) is 4.39 Å². The number of aromatic amines is 1. The molecule has 5 rings (SSSR count). The Morgan fingerprint density at radius 2 is 1.91 bits per heavy atom. The van der Waals surface area contributed by atoms with Gasteiger partial charge in [0.15, 0.2) is 11.0 Å². The van der Waals surface area contributed by atoms with Gasteiger partial charge in [-0.15, -0.1) is 10.2 Å². The van der Waals surface area contributed by atoms with E-state index >= 15 is 0 Å². The zero-order chi connectivity index (χ0) is 23.7. The highest BCUT2D eigenvalue weighted by atomic mass is 32.2. The molecule has 2 heterocycles. The van der Waals surface area contributed by atoms with Crippen LogP contribution < -0.4 is 10.6 Å². The Labute approximate surface area is 199 Å². The van der Waals surface area contributed by atoms with Crippen LogP contribution in [0.5, 0.6) is 0 Å². The molecule has 2 aromatic carbocycles. The van der Waals surface area contributed by atoms with Crippen molar-refractivity contribution < 1.29 is 14.0 Å². The molecule has 2 amide bonds. The van der Waals surface area contributed by atoms with Gasteiger partial charge >= 0.3 is 0 Å². The average Bonchev–Trinajstić information content (AvgIpc) is 3.44. The summed E-state index contributed by atoms with van der Waals surface area (Å²) in [5, 5.41) is 10.6. The van der Waals surface area contributed by atoms with E-state index in [-0.39, 0.29) is 24.6 Å². The molecule has 34 heavy (non-hydrogen) atoms. The first-order chi connectivity index (χ1) is 16.5. The van der Waals surface area contributed by atoms with Crippen molar-refractivity contribution in [1.82, 2.24) is 19.7 Å². The topological polar surface area (TPSA) is 110 Å². The molecule has 2 aromatic heterocycles. The zero-order valence-corrected chi connectivity index (χ0v) is 19.1. The fourth-order valence-electron chi connectivity index (χ4n) is 3.92. The lowest BCUT2D eigenvalue weighted by Crippen LogP contribution is -2.35. The summed E-state index contributed by atoms with van der Waals surface area (Å²) in [5.74, 6) is -0.266. The van der Waals surface area contributed by atoms with Crippen LogP contribution in [0.15, 0.2) is 59.9 Å². The molecule has 10 heteroatoms. The van der Waals surface area contributed by atoms with Crippen molar-refractivity contribution in [2.45, 2.75) is 30.5 Å². The monoisotopic (exact) mass is 478 g/mol. The number of carbonyl (C=O) groups is 2. The smallest absolute Gasteiger partial charge is 0.237 e. The van der Waals surface area contributed by atoms with Crippen LogP contribution in [0.4, 0.5) is 10.1 Å². The summed E-state index contributed by atoms with van der Waals surface area (Å²) in [7, 11) is 0. The molecule has 3 N–H and O–H groups in total. The van der Waals surface area contributed by atoms with Crippen LogP contribution in [-0.2, 0) is 9.59 Å². The number of anilines is 1. The second-order valence-electron chi connectivity index (χ2n) is 8.18. The van der Waals surface area contributed by atoms with E-state index in [9.17, 15) is 14.0 Å². The number of hydrogen-bond acceptors (Lipinski definition) is 5. The van der Waals surface area contributed by atoms with Gasteiger partial charge in [0.1, 0.15) is 5.82 Å². The number of amides is 2. The van der Waals surface area contributed by atoms with Gasteiger partial charge in [0.25, 0.3) is 0 Å². The predicted molar refractivity (Wildman–Crippen MR) is 129 cm³/mol. The van der Waals surface area contributed by atoms with E-state index in [4.69, 9.17) is 5.73 Å². The van der Waals surface area contributed by atoms with E-state index in [1.807, 2.05) is 30.5 Å². The molecule has 1 aliphatic rings. The van der Waals surface area contributed by atoms with Gasteiger partial charge < -0.3 is 15.6 Å². The number of H-pyrrole nitrogens is 1. The molecule has 0 aliphatic heterocycles. The molecular formula is C24H23FN6O2S. The lowest BCUT2D eigenvalue weighted by Gasteiger charge is -2.22. The maximum atomic E-state index is 13.4. The number of thioether (sulfide) groups is 1. The van der Waals surface area contributed by atoms with Crippen LogP contribution in [-0.4, -0.2) is 43.9 Å². The largest absolute Gasteiger partial charge is 0.370 e. The summed E-state index contributed by atoms with van der Waals surface area (Å²) < 4.78 is 15.5. The summed E-state index contributed by atoms with van der Waals surface area (Å²) in [6, 6.07) is 13.9. The van der Waals surface area contributed by atoms with Gasteiger partial charge in [-0.3, -0.25) is 14.2 Å². The SMILES string of the molecule is NC(=O)CCN(C(=O)CSc1nnc(-c2c[nH]c3ccccc23)n1C1CC1)c1ccc(F)cc1. The third kappa shape index (κ3) is 4.54. The first-order valence-electron chi connectivity index (χ1n) is 11.0. The fraction of sp³-hybridized carbons (Fsp3) is 0.250. The van der Waals surface area contributed by atoms with Gasteiger partial charge in [0.2, 0.25) is 11.8 Å². The molecule has 0 atom stereocenters. The van der Waals surface area contributed by atoms with Crippen molar-refractivity contribution in [3.8, 4) is 11.4 Å². The summed E-state index contributed by atoms with van der Waals surface area (Å²) in [4.78, 5) is 29.2. The number of primary amides is 1. The number of benzene rings is 2.